The molecule has 4 aromatic carbocycles. The minimum absolute atomic E-state index is 0.00457. The second-order valence-electron chi connectivity index (χ2n) is 8.18. The summed E-state index contributed by atoms with van der Waals surface area (Å²) in [6.45, 7) is 1.54. The zero-order chi connectivity index (χ0) is 25.5. The van der Waals surface area contributed by atoms with Crippen LogP contribution in [0.25, 0.3) is 0 Å². The number of benzene rings is 4. The van der Waals surface area contributed by atoms with Gasteiger partial charge in [0, 0.05) is 21.4 Å². The van der Waals surface area contributed by atoms with Gasteiger partial charge in [0.25, 0.3) is 0 Å². The molecule has 1 N–H and O–H groups in total. The van der Waals surface area contributed by atoms with Crippen LogP contribution in [-0.2, 0) is 21.4 Å². The maximum atomic E-state index is 13.5. The fraction of sp³-hybridized carbons (Fsp3) is 0.107. The molecule has 0 aliphatic rings. The number of carbonyl (C=O) groups is 1. The topological polar surface area (TPSA) is 66.5 Å². The van der Waals surface area contributed by atoms with Crippen LogP contribution in [0.5, 0.6) is 0 Å². The van der Waals surface area contributed by atoms with Gasteiger partial charge in [-0.25, -0.2) is 8.42 Å². The zero-order valence-electron chi connectivity index (χ0n) is 19.6. The van der Waals surface area contributed by atoms with Crippen molar-refractivity contribution in [2.45, 2.75) is 28.2 Å². The van der Waals surface area contributed by atoms with E-state index < -0.39 is 15.9 Å². The van der Waals surface area contributed by atoms with Crippen molar-refractivity contribution in [1.29, 1.82) is 0 Å². The maximum absolute atomic E-state index is 13.5. The molecule has 0 heterocycles. The Labute approximate surface area is 221 Å². The van der Waals surface area contributed by atoms with E-state index in [1.165, 1.54) is 16.1 Å². The number of halogens is 1. The molecule has 36 heavy (non-hydrogen) atoms. The summed E-state index contributed by atoms with van der Waals surface area (Å²) in [6, 6.07) is 30.8. The Kier molecular flexibility index (Phi) is 8.48. The molecule has 4 rings (SSSR count). The predicted molar refractivity (Wildman–Crippen MR) is 146 cm³/mol. The van der Waals surface area contributed by atoms with Gasteiger partial charge in [-0.3, -0.25) is 4.79 Å². The highest BCUT2D eigenvalue weighted by Crippen LogP contribution is 2.33. The Hall–Kier alpha value is -3.10. The highest BCUT2D eigenvalue weighted by molar-refractivity contribution is 7.99. The molecule has 4 aromatic rings. The van der Waals surface area contributed by atoms with E-state index in [0.29, 0.717) is 16.3 Å². The number of hydrogen-bond donors (Lipinski definition) is 1. The van der Waals surface area contributed by atoms with Crippen LogP contribution in [0.4, 0.5) is 5.69 Å². The van der Waals surface area contributed by atoms with Crippen molar-refractivity contribution in [2.24, 2.45) is 0 Å². The predicted octanol–water partition coefficient (Wildman–Crippen LogP) is 6.63. The average Bonchev–Trinajstić information content (AvgIpc) is 2.86. The third-order valence-corrected chi connectivity index (χ3v) is 8.48. The van der Waals surface area contributed by atoms with Crippen molar-refractivity contribution in [3.63, 3.8) is 0 Å². The average molecular weight is 537 g/mol. The lowest BCUT2D eigenvalue weighted by Crippen LogP contribution is -2.37. The standard InChI is InChI=1S/C28H25ClN2O3S2/c1-21-14-16-25(17-15-21)36(33,34)31(19-22-8-7-9-23(29)18-22)20-28(32)30-26-12-5-6-13-27(26)35-24-10-3-2-4-11-24/h2-18H,19-20H2,1H3,(H,30,32). The minimum atomic E-state index is -3.95. The monoisotopic (exact) mass is 536 g/mol. The summed E-state index contributed by atoms with van der Waals surface area (Å²) < 4.78 is 28.2. The molecule has 0 aromatic heterocycles. The Morgan fingerprint density at radius 3 is 2.31 bits per heavy atom. The first kappa shape index (κ1) is 26.0. The van der Waals surface area contributed by atoms with Crippen LogP contribution in [-0.4, -0.2) is 25.2 Å². The zero-order valence-corrected chi connectivity index (χ0v) is 22.0. The first-order chi connectivity index (χ1) is 17.3. The van der Waals surface area contributed by atoms with Crippen LogP contribution >= 0.6 is 23.4 Å². The Morgan fingerprint density at radius 1 is 0.889 bits per heavy atom. The molecule has 184 valence electrons. The highest BCUT2D eigenvalue weighted by Gasteiger charge is 2.27. The highest BCUT2D eigenvalue weighted by atomic mass is 35.5. The first-order valence-corrected chi connectivity index (χ1v) is 13.9. The van der Waals surface area contributed by atoms with Gasteiger partial charge in [0.2, 0.25) is 15.9 Å². The summed E-state index contributed by atoms with van der Waals surface area (Å²) in [7, 11) is -3.95. The van der Waals surface area contributed by atoms with Gasteiger partial charge < -0.3 is 5.32 Å². The molecule has 0 atom stereocenters. The molecule has 0 saturated carbocycles. The number of rotatable bonds is 9. The smallest absolute Gasteiger partial charge is 0.243 e. The largest absolute Gasteiger partial charge is 0.324 e. The van der Waals surface area contributed by atoms with Gasteiger partial charge >= 0.3 is 0 Å². The van der Waals surface area contributed by atoms with Gasteiger partial charge in [0.05, 0.1) is 17.1 Å². The van der Waals surface area contributed by atoms with Crippen molar-refractivity contribution < 1.29 is 13.2 Å². The number of nitrogens with zero attached hydrogens (tertiary/aromatic N) is 1. The fourth-order valence-electron chi connectivity index (χ4n) is 3.55. The maximum Gasteiger partial charge on any atom is 0.243 e. The summed E-state index contributed by atoms with van der Waals surface area (Å²) >= 11 is 7.65. The summed E-state index contributed by atoms with van der Waals surface area (Å²) in [5, 5.41) is 3.40. The van der Waals surface area contributed by atoms with Gasteiger partial charge in [-0.1, -0.05) is 83.5 Å². The van der Waals surface area contributed by atoms with Crippen LogP contribution in [0.15, 0.2) is 118 Å². The fourth-order valence-corrected chi connectivity index (χ4v) is 6.07. The van der Waals surface area contributed by atoms with Gasteiger partial charge in [-0.2, -0.15) is 4.31 Å². The Bertz CT molecular complexity index is 1440. The molecular formula is C28H25ClN2O3S2. The van der Waals surface area contributed by atoms with Gasteiger partial charge in [-0.05, 0) is 61.0 Å². The van der Waals surface area contributed by atoms with Crippen molar-refractivity contribution in [1.82, 2.24) is 4.31 Å². The molecule has 0 aliphatic carbocycles. The van der Waals surface area contributed by atoms with Gasteiger partial charge in [0.15, 0.2) is 0 Å². The van der Waals surface area contributed by atoms with E-state index >= 15 is 0 Å². The number of nitrogens with one attached hydrogen (secondary N) is 1. The molecule has 0 unspecified atom stereocenters. The van der Waals surface area contributed by atoms with E-state index in [1.54, 1.807) is 54.6 Å². The van der Waals surface area contributed by atoms with Crippen LogP contribution in [0.1, 0.15) is 11.1 Å². The number of amides is 1. The van der Waals surface area contributed by atoms with E-state index in [4.69, 9.17) is 11.6 Å². The summed E-state index contributed by atoms with van der Waals surface area (Å²) in [6.07, 6.45) is 0. The third kappa shape index (κ3) is 6.77. The quantitative estimate of drug-likeness (QED) is 0.261. The molecule has 0 fully saturated rings. The second kappa shape index (κ2) is 11.8. The lowest BCUT2D eigenvalue weighted by atomic mass is 10.2. The molecule has 0 bridgehead atoms. The minimum Gasteiger partial charge on any atom is -0.324 e. The Morgan fingerprint density at radius 2 is 1.58 bits per heavy atom. The van der Waals surface area contributed by atoms with E-state index in [-0.39, 0.29) is 18.0 Å². The Balaban J connectivity index is 1.58. The first-order valence-electron chi connectivity index (χ1n) is 11.2. The molecular weight excluding hydrogens is 512 g/mol. The van der Waals surface area contributed by atoms with Crippen molar-refractivity contribution >= 4 is 45.0 Å². The van der Waals surface area contributed by atoms with E-state index in [9.17, 15) is 13.2 Å². The molecule has 5 nitrogen and oxygen atoms in total. The normalized spacial score (nSPS) is 11.4. The molecule has 0 spiro atoms. The number of sulfonamides is 1. The number of aryl methyl sites for hydroxylation is 1. The van der Waals surface area contributed by atoms with E-state index in [2.05, 4.69) is 5.32 Å². The van der Waals surface area contributed by atoms with Crippen LogP contribution in [0.2, 0.25) is 5.02 Å². The van der Waals surface area contributed by atoms with E-state index in [1.807, 2.05) is 55.5 Å². The number of hydrogen-bond acceptors (Lipinski definition) is 4. The number of carbonyl (C=O) groups excluding carboxylic acids is 1. The number of para-hydroxylation sites is 1. The molecule has 0 aliphatic heterocycles. The van der Waals surface area contributed by atoms with Crippen molar-refractivity contribution in [3.8, 4) is 0 Å². The molecule has 8 heteroatoms. The molecule has 1 amide bonds. The lowest BCUT2D eigenvalue weighted by Gasteiger charge is -2.22. The third-order valence-electron chi connectivity index (χ3n) is 5.36. The molecule has 0 saturated heterocycles. The molecule has 0 radical (unpaired) electrons. The van der Waals surface area contributed by atoms with Crippen LogP contribution in [0, 0.1) is 6.92 Å². The summed E-state index contributed by atoms with van der Waals surface area (Å²) in [5.74, 6) is -0.436. The van der Waals surface area contributed by atoms with Crippen LogP contribution < -0.4 is 5.32 Å². The SMILES string of the molecule is Cc1ccc(S(=O)(=O)N(CC(=O)Nc2ccccc2Sc2ccccc2)Cc2cccc(Cl)c2)cc1. The summed E-state index contributed by atoms with van der Waals surface area (Å²) in [5.41, 5.74) is 2.25. The second-order valence-corrected chi connectivity index (χ2v) is 11.7. The van der Waals surface area contributed by atoms with Gasteiger partial charge in [-0.15, -0.1) is 0 Å². The van der Waals surface area contributed by atoms with Crippen LogP contribution in [0.3, 0.4) is 0 Å². The van der Waals surface area contributed by atoms with Gasteiger partial charge in [0.1, 0.15) is 0 Å². The van der Waals surface area contributed by atoms with E-state index in [0.717, 1.165) is 15.4 Å². The lowest BCUT2D eigenvalue weighted by molar-refractivity contribution is -0.116. The summed E-state index contributed by atoms with van der Waals surface area (Å²) in [4.78, 5) is 15.2. The van der Waals surface area contributed by atoms with Crippen molar-refractivity contribution in [3.05, 3.63) is 119 Å². The van der Waals surface area contributed by atoms with Crippen molar-refractivity contribution in [2.75, 3.05) is 11.9 Å². The number of anilines is 1.